The van der Waals surface area contributed by atoms with Gasteiger partial charge in [-0.2, -0.15) is 0 Å². The van der Waals surface area contributed by atoms with E-state index in [9.17, 15) is 4.79 Å². The van der Waals surface area contributed by atoms with Crippen molar-refractivity contribution in [1.29, 1.82) is 0 Å². The zero-order chi connectivity index (χ0) is 12.2. The van der Waals surface area contributed by atoms with Crippen LogP contribution in [0.15, 0.2) is 21.8 Å². The summed E-state index contributed by atoms with van der Waals surface area (Å²) < 4.78 is 2.10. The van der Waals surface area contributed by atoms with Crippen molar-refractivity contribution >= 4 is 15.9 Å². The molecule has 0 fully saturated rings. The summed E-state index contributed by atoms with van der Waals surface area (Å²) >= 11 is 3.17. The zero-order valence-corrected chi connectivity index (χ0v) is 11.5. The Morgan fingerprint density at radius 1 is 1.56 bits per heavy atom. The van der Waals surface area contributed by atoms with Gasteiger partial charge in [0, 0.05) is 24.8 Å². The Labute approximate surface area is 104 Å². The van der Waals surface area contributed by atoms with Gasteiger partial charge in [-0.1, -0.05) is 6.92 Å². The minimum Gasteiger partial charge on any atom is -0.310 e. The lowest BCUT2D eigenvalue weighted by molar-refractivity contribution is 0.366. The fraction of sp³-hybridized carbons (Fsp3) is 0.636. The Balaban J connectivity index is 2.56. The molecule has 0 saturated carbocycles. The van der Waals surface area contributed by atoms with Crippen LogP contribution in [0.2, 0.25) is 0 Å². The molecule has 0 radical (unpaired) electrons. The Bertz CT molecular complexity index is 400. The van der Waals surface area contributed by atoms with Crippen LogP contribution in [0.25, 0.3) is 0 Å². The normalized spacial score (nSPS) is 11.8. The summed E-state index contributed by atoms with van der Waals surface area (Å²) in [5, 5.41) is 3.40. The van der Waals surface area contributed by atoms with Crippen molar-refractivity contribution in [1.82, 2.24) is 14.9 Å². The van der Waals surface area contributed by atoms with Crippen molar-refractivity contribution in [3.8, 4) is 0 Å². The van der Waals surface area contributed by atoms with Gasteiger partial charge in [-0.25, -0.2) is 4.98 Å². The van der Waals surface area contributed by atoms with E-state index in [1.807, 2.05) is 0 Å². The summed E-state index contributed by atoms with van der Waals surface area (Å²) in [6.45, 7) is 7.83. The predicted molar refractivity (Wildman–Crippen MR) is 68.6 cm³/mol. The molecule has 90 valence electrons. The van der Waals surface area contributed by atoms with E-state index in [1.165, 1.54) is 6.20 Å². The lowest BCUT2D eigenvalue weighted by Crippen LogP contribution is -2.41. The average molecular weight is 288 g/mol. The molecule has 1 rings (SSSR count). The van der Waals surface area contributed by atoms with Crippen LogP contribution in [0, 0.1) is 0 Å². The van der Waals surface area contributed by atoms with Crippen LogP contribution in [0.3, 0.4) is 0 Å². The maximum atomic E-state index is 11.6. The third kappa shape index (κ3) is 3.72. The highest BCUT2D eigenvalue weighted by atomic mass is 79.9. The Hall–Kier alpha value is -0.680. The number of nitrogens with zero attached hydrogens (tertiary/aromatic N) is 2. The molecule has 0 spiro atoms. The van der Waals surface area contributed by atoms with Gasteiger partial charge in [0.15, 0.2) is 0 Å². The molecule has 1 aromatic rings. The molecular weight excluding hydrogens is 270 g/mol. The summed E-state index contributed by atoms with van der Waals surface area (Å²) in [6.07, 6.45) is 4.13. The molecular formula is C11H18BrN3O. The molecule has 4 nitrogen and oxygen atoms in total. The highest BCUT2D eigenvalue weighted by Gasteiger charge is 2.12. The van der Waals surface area contributed by atoms with Gasteiger partial charge in [-0.15, -0.1) is 0 Å². The van der Waals surface area contributed by atoms with Crippen LogP contribution in [0.4, 0.5) is 0 Å². The number of rotatable bonds is 5. The SMILES string of the molecule is CCC(C)(C)NCCn1cncc(Br)c1=O. The van der Waals surface area contributed by atoms with Crippen molar-refractivity contribution in [3.05, 3.63) is 27.4 Å². The van der Waals surface area contributed by atoms with E-state index in [2.05, 4.69) is 47.0 Å². The van der Waals surface area contributed by atoms with Crippen LogP contribution < -0.4 is 10.9 Å². The van der Waals surface area contributed by atoms with E-state index in [4.69, 9.17) is 0 Å². The molecule has 0 aliphatic heterocycles. The van der Waals surface area contributed by atoms with Crippen molar-refractivity contribution in [2.75, 3.05) is 6.54 Å². The van der Waals surface area contributed by atoms with Crippen LogP contribution in [-0.2, 0) is 6.54 Å². The van der Waals surface area contributed by atoms with Gasteiger partial charge in [-0.05, 0) is 36.2 Å². The molecule has 16 heavy (non-hydrogen) atoms. The van der Waals surface area contributed by atoms with E-state index in [1.54, 1.807) is 10.9 Å². The highest BCUT2D eigenvalue weighted by Crippen LogP contribution is 2.05. The maximum absolute atomic E-state index is 11.6. The standard InChI is InChI=1S/C11H18BrN3O/c1-4-11(2,3)14-5-6-15-8-13-7-9(12)10(15)16/h7-8,14H,4-6H2,1-3H3. The Morgan fingerprint density at radius 3 is 2.88 bits per heavy atom. The molecule has 0 aliphatic rings. The highest BCUT2D eigenvalue weighted by molar-refractivity contribution is 9.10. The minimum absolute atomic E-state index is 0.0360. The van der Waals surface area contributed by atoms with Gasteiger partial charge in [0.25, 0.3) is 5.56 Å². The molecule has 0 saturated heterocycles. The molecule has 1 heterocycles. The summed E-state index contributed by atoms with van der Waals surface area (Å²) in [5.41, 5.74) is 0.0781. The van der Waals surface area contributed by atoms with Crippen molar-refractivity contribution in [3.63, 3.8) is 0 Å². The Kier molecular flexibility index (Phi) is 4.68. The van der Waals surface area contributed by atoms with Gasteiger partial charge < -0.3 is 5.32 Å². The number of aromatic nitrogens is 2. The number of halogens is 1. The van der Waals surface area contributed by atoms with Gasteiger partial charge in [0.05, 0.1) is 6.33 Å². The number of hydrogen-bond acceptors (Lipinski definition) is 3. The average Bonchev–Trinajstić information content (AvgIpc) is 2.24. The fourth-order valence-corrected chi connectivity index (χ4v) is 1.57. The largest absolute Gasteiger partial charge is 0.310 e. The first kappa shape index (κ1) is 13.4. The quantitative estimate of drug-likeness (QED) is 0.898. The Morgan fingerprint density at radius 2 is 2.25 bits per heavy atom. The molecule has 0 unspecified atom stereocenters. The van der Waals surface area contributed by atoms with E-state index >= 15 is 0 Å². The molecule has 0 amide bonds. The molecule has 5 heteroatoms. The van der Waals surface area contributed by atoms with E-state index in [0.717, 1.165) is 13.0 Å². The van der Waals surface area contributed by atoms with E-state index in [-0.39, 0.29) is 11.1 Å². The fourth-order valence-electron chi connectivity index (χ4n) is 1.22. The van der Waals surface area contributed by atoms with Crippen LogP contribution in [0.5, 0.6) is 0 Å². The molecule has 0 bridgehead atoms. The topological polar surface area (TPSA) is 46.9 Å². The van der Waals surface area contributed by atoms with Gasteiger partial charge in [0.2, 0.25) is 0 Å². The van der Waals surface area contributed by atoms with E-state index < -0.39 is 0 Å². The number of nitrogens with one attached hydrogen (secondary N) is 1. The first-order valence-electron chi connectivity index (χ1n) is 5.41. The first-order valence-corrected chi connectivity index (χ1v) is 6.20. The van der Waals surface area contributed by atoms with Crippen molar-refractivity contribution in [2.24, 2.45) is 0 Å². The lowest BCUT2D eigenvalue weighted by Gasteiger charge is -2.24. The summed E-state index contributed by atoms with van der Waals surface area (Å²) in [6, 6.07) is 0. The van der Waals surface area contributed by atoms with E-state index in [0.29, 0.717) is 11.0 Å². The van der Waals surface area contributed by atoms with Crippen LogP contribution in [0.1, 0.15) is 27.2 Å². The van der Waals surface area contributed by atoms with Crippen molar-refractivity contribution in [2.45, 2.75) is 39.3 Å². The maximum Gasteiger partial charge on any atom is 0.267 e. The molecule has 1 N–H and O–H groups in total. The molecule has 0 aliphatic carbocycles. The predicted octanol–water partition coefficient (Wildman–Crippen LogP) is 1.78. The van der Waals surface area contributed by atoms with Gasteiger partial charge >= 0.3 is 0 Å². The van der Waals surface area contributed by atoms with Crippen LogP contribution >= 0.6 is 15.9 Å². The monoisotopic (exact) mass is 287 g/mol. The lowest BCUT2D eigenvalue weighted by atomic mass is 10.0. The molecule has 0 aromatic carbocycles. The van der Waals surface area contributed by atoms with Crippen LogP contribution in [-0.4, -0.2) is 21.6 Å². The smallest absolute Gasteiger partial charge is 0.267 e. The molecule has 1 aromatic heterocycles. The second kappa shape index (κ2) is 5.59. The zero-order valence-electron chi connectivity index (χ0n) is 9.96. The summed E-state index contributed by atoms with van der Waals surface area (Å²) in [4.78, 5) is 15.6. The van der Waals surface area contributed by atoms with Gasteiger partial charge in [-0.3, -0.25) is 9.36 Å². The van der Waals surface area contributed by atoms with Crippen molar-refractivity contribution < 1.29 is 0 Å². The summed E-state index contributed by atoms with van der Waals surface area (Å²) in [5.74, 6) is 0. The third-order valence-electron chi connectivity index (χ3n) is 2.70. The molecule has 0 atom stereocenters. The second-order valence-corrected chi connectivity index (χ2v) is 5.26. The van der Waals surface area contributed by atoms with Gasteiger partial charge in [0.1, 0.15) is 4.47 Å². The second-order valence-electron chi connectivity index (χ2n) is 4.40. The third-order valence-corrected chi connectivity index (χ3v) is 3.24. The number of hydrogen-bond donors (Lipinski definition) is 1. The minimum atomic E-state index is -0.0360. The first-order chi connectivity index (χ1) is 7.46. The summed E-state index contributed by atoms with van der Waals surface area (Å²) in [7, 11) is 0.